The van der Waals surface area contributed by atoms with Crippen LogP contribution in [0.5, 0.6) is 0 Å². The third-order valence-electron chi connectivity index (χ3n) is 3.41. The Labute approximate surface area is 127 Å². The van der Waals surface area contributed by atoms with Crippen molar-refractivity contribution < 1.29 is 13.2 Å². The van der Waals surface area contributed by atoms with Crippen molar-refractivity contribution in [1.29, 1.82) is 0 Å². The first-order chi connectivity index (χ1) is 9.38. The van der Waals surface area contributed by atoms with Gasteiger partial charge in [0.1, 0.15) is 0 Å². The molecule has 1 nitrogen and oxygen atoms in total. The lowest BCUT2D eigenvalue weighted by Crippen LogP contribution is -2.17. The highest BCUT2D eigenvalue weighted by Crippen LogP contribution is 2.36. The van der Waals surface area contributed by atoms with Crippen LogP contribution < -0.4 is 5.32 Å². The zero-order valence-electron chi connectivity index (χ0n) is 11.9. The van der Waals surface area contributed by atoms with Gasteiger partial charge in [-0.3, -0.25) is 0 Å². The summed E-state index contributed by atoms with van der Waals surface area (Å²) < 4.78 is 39.4. The summed E-state index contributed by atoms with van der Waals surface area (Å²) in [7, 11) is 0. The Kier molecular flexibility index (Phi) is 6.86. The number of halogens is 4. The van der Waals surface area contributed by atoms with Crippen LogP contribution in [0.1, 0.15) is 45.1 Å². The number of benzene rings is 1. The molecule has 0 saturated carbocycles. The third-order valence-corrected chi connectivity index (χ3v) is 3.90. The van der Waals surface area contributed by atoms with Crippen LogP contribution in [0.4, 0.5) is 18.9 Å². The summed E-state index contributed by atoms with van der Waals surface area (Å²) in [6.45, 7) is 4.78. The monoisotopic (exact) mass is 351 g/mol. The Morgan fingerprint density at radius 2 is 1.95 bits per heavy atom. The van der Waals surface area contributed by atoms with Gasteiger partial charge in [0.25, 0.3) is 0 Å². The number of anilines is 1. The Morgan fingerprint density at radius 3 is 2.50 bits per heavy atom. The number of hydrogen-bond acceptors (Lipinski definition) is 1. The first kappa shape index (κ1) is 17.3. The Bertz CT molecular complexity index is 418. The van der Waals surface area contributed by atoms with Crippen LogP contribution in [0, 0.1) is 5.92 Å². The minimum atomic E-state index is -4.33. The van der Waals surface area contributed by atoms with E-state index in [1.165, 1.54) is 12.1 Å². The van der Waals surface area contributed by atoms with Gasteiger partial charge >= 0.3 is 6.18 Å². The first-order valence-corrected chi connectivity index (χ1v) is 7.78. The molecule has 0 bridgehead atoms. The van der Waals surface area contributed by atoms with Crippen molar-refractivity contribution in [2.24, 2.45) is 5.92 Å². The molecular formula is C15H21BrF3N. The predicted molar refractivity (Wildman–Crippen MR) is 80.9 cm³/mol. The average molecular weight is 352 g/mol. The summed E-state index contributed by atoms with van der Waals surface area (Å²) in [5.41, 5.74) is -0.451. The van der Waals surface area contributed by atoms with Gasteiger partial charge in [-0.25, -0.2) is 0 Å². The molecule has 0 aliphatic carbocycles. The molecule has 5 heteroatoms. The molecule has 0 heterocycles. The van der Waals surface area contributed by atoms with Crippen LogP contribution in [0.2, 0.25) is 0 Å². The van der Waals surface area contributed by atoms with Crippen molar-refractivity contribution in [1.82, 2.24) is 0 Å². The maximum absolute atomic E-state index is 12.9. The molecule has 0 aliphatic rings. The maximum Gasteiger partial charge on any atom is 0.418 e. The lowest BCUT2D eigenvalue weighted by Gasteiger charge is -2.19. The molecule has 1 atom stereocenters. The molecule has 114 valence electrons. The highest BCUT2D eigenvalue weighted by Gasteiger charge is 2.33. The number of hydrogen-bond donors (Lipinski definition) is 1. The molecule has 0 aliphatic heterocycles. The van der Waals surface area contributed by atoms with E-state index in [9.17, 15) is 13.2 Å². The van der Waals surface area contributed by atoms with Crippen LogP contribution >= 0.6 is 15.9 Å². The number of nitrogens with one attached hydrogen (secondary N) is 1. The fourth-order valence-electron chi connectivity index (χ4n) is 2.11. The average Bonchev–Trinajstić information content (AvgIpc) is 2.37. The van der Waals surface area contributed by atoms with E-state index in [0.29, 0.717) is 16.9 Å². The summed E-state index contributed by atoms with van der Waals surface area (Å²) in [6, 6.07) is 4.02. The lowest BCUT2D eigenvalue weighted by molar-refractivity contribution is -0.137. The van der Waals surface area contributed by atoms with Crippen molar-refractivity contribution >= 4 is 21.6 Å². The predicted octanol–water partition coefficient (Wildman–Crippen LogP) is 6.10. The van der Waals surface area contributed by atoms with E-state index in [0.717, 1.165) is 31.7 Å². The lowest BCUT2D eigenvalue weighted by atomic mass is 9.99. The minimum absolute atomic E-state index is 0.154. The summed E-state index contributed by atoms with van der Waals surface area (Å²) >= 11 is 3.22. The second kappa shape index (κ2) is 7.91. The van der Waals surface area contributed by atoms with Crippen molar-refractivity contribution in [2.75, 3.05) is 11.9 Å². The van der Waals surface area contributed by atoms with Gasteiger partial charge in [-0.2, -0.15) is 13.2 Å². The first-order valence-electron chi connectivity index (χ1n) is 6.99. The van der Waals surface area contributed by atoms with Gasteiger partial charge in [0.15, 0.2) is 0 Å². The fourth-order valence-corrected chi connectivity index (χ4v) is 2.47. The van der Waals surface area contributed by atoms with E-state index < -0.39 is 11.7 Å². The molecule has 0 radical (unpaired) electrons. The van der Waals surface area contributed by atoms with E-state index in [4.69, 9.17) is 0 Å². The van der Waals surface area contributed by atoms with E-state index in [-0.39, 0.29) is 5.69 Å². The molecule has 0 aromatic heterocycles. The van der Waals surface area contributed by atoms with Crippen LogP contribution in [0.15, 0.2) is 22.7 Å². The smallest absolute Gasteiger partial charge is 0.384 e. The van der Waals surface area contributed by atoms with E-state index in [1.54, 1.807) is 0 Å². The normalized spacial score (nSPS) is 13.3. The van der Waals surface area contributed by atoms with Gasteiger partial charge in [0.05, 0.1) is 5.56 Å². The summed E-state index contributed by atoms with van der Waals surface area (Å²) in [4.78, 5) is 0. The van der Waals surface area contributed by atoms with Gasteiger partial charge in [-0.05, 0) is 30.5 Å². The molecule has 0 amide bonds. The number of unbranched alkanes of at least 4 members (excludes halogenated alkanes) is 1. The van der Waals surface area contributed by atoms with Gasteiger partial charge in [0.2, 0.25) is 0 Å². The number of alkyl halides is 3. The van der Waals surface area contributed by atoms with Crippen molar-refractivity contribution in [2.45, 2.75) is 45.7 Å². The SMILES string of the molecule is CCCCC(CC)CNc1cc(Br)ccc1C(F)(F)F. The van der Waals surface area contributed by atoms with Crippen molar-refractivity contribution in [3.63, 3.8) is 0 Å². The summed E-state index contributed by atoms with van der Waals surface area (Å²) in [6.07, 6.45) is -0.0716. The molecular weight excluding hydrogens is 331 g/mol. The number of rotatable bonds is 7. The van der Waals surface area contributed by atoms with Crippen LogP contribution in [0.3, 0.4) is 0 Å². The highest BCUT2D eigenvalue weighted by atomic mass is 79.9. The van der Waals surface area contributed by atoms with Gasteiger partial charge in [-0.15, -0.1) is 0 Å². The van der Waals surface area contributed by atoms with Crippen LogP contribution in [-0.2, 0) is 6.18 Å². The zero-order valence-corrected chi connectivity index (χ0v) is 13.4. The Morgan fingerprint density at radius 1 is 1.25 bits per heavy atom. The quantitative estimate of drug-likeness (QED) is 0.626. The standard InChI is InChI=1S/C15H21BrF3N/c1-3-5-6-11(4-2)10-20-14-9-12(16)7-8-13(14)15(17,18)19/h7-9,11,20H,3-6,10H2,1-2H3. The third kappa shape index (κ3) is 5.35. The van der Waals surface area contributed by atoms with E-state index in [1.807, 2.05) is 0 Å². The van der Waals surface area contributed by atoms with E-state index in [2.05, 4.69) is 35.1 Å². The fraction of sp³-hybridized carbons (Fsp3) is 0.600. The largest absolute Gasteiger partial charge is 0.418 e. The van der Waals surface area contributed by atoms with Crippen LogP contribution in [-0.4, -0.2) is 6.54 Å². The molecule has 0 saturated heterocycles. The summed E-state index contributed by atoms with van der Waals surface area (Å²) in [5.74, 6) is 0.412. The molecule has 1 aromatic carbocycles. The van der Waals surface area contributed by atoms with Crippen molar-refractivity contribution in [3.8, 4) is 0 Å². The van der Waals surface area contributed by atoms with Gasteiger partial charge in [-0.1, -0.05) is 49.0 Å². The van der Waals surface area contributed by atoms with E-state index >= 15 is 0 Å². The maximum atomic E-state index is 12.9. The van der Waals surface area contributed by atoms with Crippen molar-refractivity contribution in [3.05, 3.63) is 28.2 Å². The van der Waals surface area contributed by atoms with Gasteiger partial charge < -0.3 is 5.32 Å². The molecule has 0 spiro atoms. The molecule has 1 aromatic rings. The highest BCUT2D eigenvalue weighted by molar-refractivity contribution is 9.10. The minimum Gasteiger partial charge on any atom is -0.384 e. The zero-order chi connectivity index (χ0) is 15.2. The molecule has 1 N–H and O–H groups in total. The van der Waals surface area contributed by atoms with Gasteiger partial charge in [0, 0.05) is 16.7 Å². The Balaban J connectivity index is 2.78. The molecule has 0 fully saturated rings. The second-order valence-corrected chi connectivity index (χ2v) is 5.90. The molecule has 1 unspecified atom stereocenters. The van der Waals surface area contributed by atoms with Crippen LogP contribution in [0.25, 0.3) is 0 Å². The molecule has 1 rings (SSSR count). The second-order valence-electron chi connectivity index (χ2n) is 4.99. The summed E-state index contributed by atoms with van der Waals surface area (Å²) in [5, 5.41) is 2.97. The topological polar surface area (TPSA) is 12.0 Å². The Hall–Kier alpha value is -0.710. The molecule has 20 heavy (non-hydrogen) atoms.